The minimum absolute atomic E-state index is 0.380. The number of rotatable bonds is 2. The van der Waals surface area contributed by atoms with Crippen molar-refractivity contribution in [2.75, 3.05) is 7.11 Å². The van der Waals surface area contributed by atoms with Crippen LogP contribution in [-0.4, -0.2) is 17.1 Å². The largest absolute Gasteiger partial charge is 0.467 e. The number of aromatic nitrogens is 2. The number of methoxy groups -OCH3 is 1. The molecule has 0 aliphatic carbocycles. The number of hydrogen-bond donors (Lipinski definition) is 0. The average molecular weight is 265 g/mol. The maximum atomic E-state index is 4.90. The maximum absolute atomic E-state index is 4.90. The van der Waals surface area contributed by atoms with E-state index in [-0.39, 0.29) is 0 Å². The van der Waals surface area contributed by atoms with Gasteiger partial charge in [0.1, 0.15) is 0 Å². The molecule has 0 radical (unpaired) electrons. The molecule has 0 fully saturated rings. The molecule has 0 bridgehead atoms. The van der Waals surface area contributed by atoms with Crippen molar-refractivity contribution < 1.29 is 4.74 Å². The highest BCUT2D eigenvalue weighted by Crippen LogP contribution is 2.26. The van der Waals surface area contributed by atoms with Crippen LogP contribution >= 0.6 is 15.9 Å². The van der Waals surface area contributed by atoms with Gasteiger partial charge in [-0.3, -0.25) is 0 Å². The van der Waals surface area contributed by atoms with Crippen molar-refractivity contribution in [1.29, 1.82) is 0 Å². The van der Waals surface area contributed by atoms with E-state index < -0.39 is 0 Å². The molecule has 0 aliphatic rings. The van der Waals surface area contributed by atoms with Crippen LogP contribution < -0.4 is 4.74 Å². The third kappa shape index (κ3) is 2.15. The summed E-state index contributed by atoms with van der Waals surface area (Å²) < 4.78 is 5.93. The summed E-state index contributed by atoms with van der Waals surface area (Å²) in [6.07, 6.45) is 3.48. The lowest BCUT2D eigenvalue weighted by Gasteiger charge is -2.03. The normalized spacial score (nSPS) is 10.0. The highest BCUT2D eigenvalue weighted by atomic mass is 79.9. The van der Waals surface area contributed by atoms with Crippen LogP contribution in [0.1, 0.15) is 0 Å². The minimum Gasteiger partial charge on any atom is -0.467 e. The molecular formula is C11H9BrN2O. The van der Waals surface area contributed by atoms with Crippen LogP contribution in [0.5, 0.6) is 6.01 Å². The Morgan fingerprint density at radius 3 is 2.40 bits per heavy atom. The standard InChI is InChI=1S/C11H9BrN2O/c1-15-11-13-6-8(7-14-11)9-4-2-3-5-10(9)12/h2-7H,1H3. The first-order chi connectivity index (χ1) is 7.31. The zero-order valence-corrected chi connectivity index (χ0v) is 9.73. The van der Waals surface area contributed by atoms with Gasteiger partial charge in [-0.05, 0) is 11.6 Å². The number of benzene rings is 1. The predicted molar refractivity (Wildman–Crippen MR) is 61.7 cm³/mol. The third-order valence-electron chi connectivity index (χ3n) is 2.00. The molecule has 0 aliphatic heterocycles. The Bertz CT molecular complexity index is 456. The van der Waals surface area contributed by atoms with E-state index in [1.165, 1.54) is 0 Å². The summed E-state index contributed by atoms with van der Waals surface area (Å²) in [6, 6.07) is 8.32. The number of ether oxygens (including phenoxy) is 1. The minimum atomic E-state index is 0.380. The van der Waals surface area contributed by atoms with E-state index in [2.05, 4.69) is 25.9 Å². The summed E-state index contributed by atoms with van der Waals surface area (Å²) in [5.74, 6) is 0. The molecule has 1 aromatic heterocycles. The second kappa shape index (κ2) is 4.40. The summed E-state index contributed by atoms with van der Waals surface area (Å²) in [4.78, 5) is 8.12. The van der Waals surface area contributed by atoms with Crippen LogP contribution in [0.3, 0.4) is 0 Å². The molecule has 0 saturated carbocycles. The van der Waals surface area contributed by atoms with Gasteiger partial charge in [0.05, 0.1) is 7.11 Å². The van der Waals surface area contributed by atoms with Crippen molar-refractivity contribution in [3.63, 3.8) is 0 Å². The first-order valence-electron chi connectivity index (χ1n) is 4.42. The smallest absolute Gasteiger partial charge is 0.316 e. The van der Waals surface area contributed by atoms with Crippen LogP contribution in [0.2, 0.25) is 0 Å². The fourth-order valence-electron chi connectivity index (χ4n) is 1.26. The SMILES string of the molecule is COc1ncc(-c2ccccc2Br)cn1. The summed E-state index contributed by atoms with van der Waals surface area (Å²) >= 11 is 3.48. The summed E-state index contributed by atoms with van der Waals surface area (Å²) in [5, 5.41) is 0. The van der Waals surface area contributed by atoms with Gasteiger partial charge in [0, 0.05) is 22.4 Å². The lowest BCUT2D eigenvalue weighted by molar-refractivity contribution is 0.380. The molecule has 0 amide bonds. The van der Waals surface area contributed by atoms with Crippen LogP contribution in [0.15, 0.2) is 41.1 Å². The second-order valence-corrected chi connectivity index (χ2v) is 3.79. The Morgan fingerprint density at radius 2 is 1.80 bits per heavy atom. The van der Waals surface area contributed by atoms with Crippen LogP contribution in [-0.2, 0) is 0 Å². The van der Waals surface area contributed by atoms with Gasteiger partial charge in [-0.2, -0.15) is 0 Å². The molecule has 15 heavy (non-hydrogen) atoms. The summed E-state index contributed by atoms with van der Waals surface area (Å²) in [6.45, 7) is 0. The quantitative estimate of drug-likeness (QED) is 0.837. The maximum Gasteiger partial charge on any atom is 0.316 e. The van der Waals surface area contributed by atoms with Gasteiger partial charge in [0.2, 0.25) is 0 Å². The van der Waals surface area contributed by atoms with Gasteiger partial charge >= 0.3 is 6.01 Å². The zero-order chi connectivity index (χ0) is 10.7. The van der Waals surface area contributed by atoms with E-state index in [1.54, 1.807) is 19.5 Å². The first-order valence-corrected chi connectivity index (χ1v) is 5.21. The molecule has 3 nitrogen and oxygen atoms in total. The molecule has 0 saturated heterocycles. The fraction of sp³-hybridized carbons (Fsp3) is 0.0909. The van der Waals surface area contributed by atoms with E-state index in [4.69, 9.17) is 4.74 Å². The first kappa shape index (κ1) is 10.1. The monoisotopic (exact) mass is 264 g/mol. The van der Waals surface area contributed by atoms with Crippen molar-refractivity contribution in [2.45, 2.75) is 0 Å². The van der Waals surface area contributed by atoms with Gasteiger partial charge in [0.15, 0.2) is 0 Å². The topological polar surface area (TPSA) is 35.0 Å². The molecule has 1 aromatic carbocycles. The van der Waals surface area contributed by atoms with Crippen molar-refractivity contribution in [2.24, 2.45) is 0 Å². The highest BCUT2D eigenvalue weighted by molar-refractivity contribution is 9.10. The predicted octanol–water partition coefficient (Wildman–Crippen LogP) is 2.91. The molecule has 4 heteroatoms. The van der Waals surface area contributed by atoms with Crippen LogP contribution in [0.4, 0.5) is 0 Å². The fourth-order valence-corrected chi connectivity index (χ4v) is 1.77. The zero-order valence-electron chi connectivity index (χ0n) is 8.14. The van der Waals surface area contributed by atoms with Gasteiger partial charge in [-0.1, -0.05) is 34.1 Å². The molecule has 0 N–H and O–H groups in total. The van der Waals surface area contributed by atoms with Crippen molar-refractivity contribution in [1.82, 2.24) is 9.97 Å². The van der Waals surface area contributed by atoms with Gasteiger partial charge in [-0.15, -0.1) is 0 Å². The summed E-state index contributed by atoms with van der Waals surface area (Å²) in [5.41, 5.74) is 2.03. The summed E-state index contributed by atoms with van der Waals surface area (Å²) in [7, 11) is 1.55. The molecular weight excluding hydrogens is 256 g/mol. The lowest BCUT2D eigenvalue weighted by Crippen LogP contribution is -1.91. The molecule has 1 heterocycles. The van der Waals surface area contributed by atoms with Crippen molar-refractivity contribution >= 4 is 15.9 Å². The molecule has 76 valence electrons. The van der Waals surface area contributed by atoms with E-state index in [9.17, 15) is 0 Å². The molecule has 0 spiro atoms. The Labute approximate surface area is 96.3 Å². The number of nitrogens with zero attached hydrogens (tertiary/aromatic N) is 2. The van der Waals surface area contributed by atoms with Crippen molar-refractivity contribution in [3.8, 4) is 17.1 Å². The van der Waals surface area contributed by atoms with E-state index in [0.717, 1.165) is 15.6 Å². The molecule has 2 rings (SSSR count). The Morgan fingerprint density at radius 1 is 1.13 bits per heavy atom. The molecule has 0 atom stereocenters. The molecule has 0 unspecified atom stereocenters. The Balaban J connectivity index is 2.42. The van der Waals surface area contributed by atoms with E-state index in [0.29, 0.717) is 6.01 Å². The van der Waals surface area contributed by atoms with Gasteiger partial charge in [0.25, 0.3) is 0 Å². The lowest BCUT2D eigenvalue weighted by atomic mass is 10.1. The number of hydrogen-bond acceptors (Lipinski definition) is 3. The van der Waals surface area contributed by atoms with Gasteiger partial charge in [-0.25, -0.2) is 9.97 Å². The van der Waals surface area contributed by atoms with Gasteiger partial charge < -0.3 is 4.74 Å². The van der Waals surface area contributed by atoms with Crippen LogP contribution in [0, 0.1) is 0 Å². The Hall–Kier alpha value is -1.42. The average Bonchev–Trinajstić information content (AvgIpc) is 2.30. The van der Waals surface area contributed by atoms with E-state index in [1.807, 2.05) is 24.3 Å². The van der Waals surface area contributed by atoms with Crippen molar-refractivity contribution in [3.05, 3.63) is 41.1 Å². The highest BCUT2D eigenvalue weighted by Gasteiger charge is 2.03. The van der Waals surface area contributed by atoms with Crippen LogP contribution in [0.25, 0.3) is 11.1 Å². The molecule has 2 aromatic rings. The van der Waals surface area contributed by atoms with E-state index >= 15 is 0 Å². The Kier molecular flexibility index (Phi) is 2.97. The second-order valence-electron chi connectivity index (χ2n) is 2.94. The number of halogens is 1. The third-order valence-corrected chi connectivity index (χ3v) is 2.69.